The highest BCUT2D eigenvalue weighted by atomic mass is 16.6. The third-order valence-electron chi connectivity index (χ3n) is 6.74. The van der Waals surface area contributed by atoms with E-state index in [-0.39, 0.29) is 30.1 Å². The van der Waals surface area contributed by atoms with Gasteiger partial charge in [-0.25, -0.2) is 0 Å². The van der Waals surface area contributed by atoms with Crippen LogP contribution in [-0.2, 0) is 9.47 Å². The van der Waals surface area contributed by atoms with Crippen molar-refractivity contribution < 1.29 is 14.6 Å². The van der Waals surface area contributed by atoms with E-state index in [0.29, 0.717) is 6.04 Å². The summed E-state index contributed by atoms with van der Waals surface area (Å²) < 4.78 is 12.0. The Morgan fingerprint density at radius 2 is 1.81 bits per heavy atom. The fraction of sp³-hybridized carbons (Fsp3) is 0.571. The lowest BCUT2D eigenvalue weighted by molar-refractivity contribution is -0.190. The topological polar surface area (TPSA) is 57.4 Å². The maximum Gasteiger partial charge on any atom is 0.132 e. The molecule has 0 saturated carbocycles. The smallest absolute Gasteiger partial charge is 0.132 e. The molecule has 3 saturated heterocycles. The zero-order valence-electron chi connectivity index (χ0n) is 15.4. The van der Waals surface area contributed by atoms with Crippen molar-refractivity contribution in [3.8, 4) is 0 Å². The van der Waals surface area contributed by atoms with Crippen LogP contribution in [0.1, 0.15) is 32.4 Å². The number of hydrogen-bond donors (Lipinski definition) is 1. The summed E-state index contributed by atoms with van der Waals surface area (Å²) in [4.78, 5) is 0. The predicted molar refractivity (Wildman–Crippen MR) is 98.7 cm³/mol. The van der Waals surface area contributed by atoms with Gasteiger partial charge in [-0.05, 0) is 12.5 Å². The minimum atomic E-state index is -0.907. The third kappa shape index (κ3) is 2.30. The van der Waals surface area contributed by atoms with Gasteiger partial charge in [0.2, 0.25) is 0 Å². The fourth-order valence-electron chi connectivity index (χ4n) is 4.75. The Hall–Kier alpha value is -1.69. The molecule has 5 heteroatoms. The molecule has 0 amide bonds. The van der Waals surface area contributed by atoms with Gasteiger partial charge in [0, 0.05) is 11.8 Å². The molecule has 1 aromatic carbocycles. The zero-order valence-corrected chi connectivity index (χ0v) is 15.4. The first kappa shape index (κ1) is 16.5. The van der Waals surface area contributed by atoms with Crippen molar-refractivity contribution in [3.63, 3.8) is 0 Å². The van der Waals surface area contributed by atoms with Crippen LogP contribution in [0.25, 0.3) is 0 Å². The molecule has 4 aliphatic heterocycles. The number of fused-ring (bicyclic) bond motifs is 2. The third-order valence-corrected chi connectivity index (χ3v) is 6.74. The first-order valence-electron chi connectivity index (χ1n) is 9.54. The number of rotatable bonds is 4. The first-order valence-corrected chi connectivity index (χ1v) is 9.54. The summed E-state index contributed by atoms with van der Waals surface area (Å²) in [5.74, 6) is -0.0166. The van der Waals surface area contributed by atoms with Gasteiger partial charge < -0.3 is 14.6 Å². The Morgan fingerprint density at radius 3 is 2.46 bits per heavy atom. The maximum atomic E-state index is 11.6. The van der Waals surface area contributed by atoms with E-state index < -0.39 is 11.2 Å². The molecular weight excluding hydrogens is 328 g/mol. The van der Waals surface area contributed by atoms with Crippen LogP contribution in [0.15, 0.2) is 47.6 Å². The molecular formula is C21H26N2O3. The Balaban J connectivity index is 1.29. The lowest BCUT2D eigenvalue weighted by atomic mass is 9.69. The SMILES string of the molecule is C[C@@H]1[C@@H]2C=C[C@@H](O2)[C@H](C)C1(O)[C@H]1O[C@]1(C)/C=N/N1CC1c1ccccc1. The van der Waals surface area contributed by atoms with Gasteiger partial charge in [0.25, 0.3) is 0 Å². The Bertz CT molecular complexity index is 746. The molecule has 138 valence electrons. The van der Waals surface area contributed by atoms with Gasteiger partial charge in [0.1, 0.15) is 17.3 Å². The monoisotopic (exact) mass is 354 g/mol. The molecule has 0 aliphatic carbocycles. The molecule has 5 nitrogen and oxygen atoms in total. The van der Waals surface area contributed by atoms with Gasteiger partial charge in [0.15, 0.2) is 0 Å². The molecule has 0 spiro atoms. The van der Waals surface area contributed by atoms with E-state index in [1.807, 2.05) is 19.2 Å². The zero-order chi connectivity index (χ0) is 18.1. The molecule has 5 rings (SSSR count). The number of benzene rings is 1. The minimum absolute atomic E-state index is 0.00831. The molecule has 2 unspecified atom stereocenters. The van der Waals surface area contributed by atoms with E-state index in [4.69, 9.17) is 9.47 Å². The summed E-state index contributed by atoms with van der Waals surface area (Å²) in [5, 5.41) is 18.2. The van der Waals surface area contributed by atoms with Crippen LogP contribution >= 0.6 is 0 Å². The molecule has 4 aliphatic rings. The summed E-state index contributed by atoms with van der Waals surface area (Å²) in [5.41, 5.74) is -0.135. The van der Waals surface area contributed by atoms with Crippen molar-refractivity contribution in [2.75, 3.05) is 6.54 Å². The summed E-state index contributed by atoms with van der Waals surface area (Å²) >= 11 is 0. The average Bonchev–Trinajstić information content (AvgIpc) is 3.52. The van der Waals surface area contributed by atoms with E-state index in [9.17, 15) is 5.11 Å². The maximum absolute atomic E-state index is 11.6. The first-order chi connectivity index (χ1) is 12.4. The molecule has 1 aromatic rings. The molecule has 4 heterocycles. The molecule has 2 bridgehead atoms. The van der Waals surface area contributed by atoms with E-state index >= 15 is 0 Å². The summed E-state index contributed by atoms with van der Waals surface area (Å²) in [7, 11) is 0. The number of ether oxygens (including phenoxy) is 2. The number of aliphatic hydroxyl groups is 1. The molecule has 8 atom stereocenters. The van der Waals surface area contributed by atoms with Gasteiger partial charge >= 0.3 is 0 Å². The molecule has 0 aromatic heterocycles. The van der Waals surface area contributed by atoms with Crippen molar-refractivity contribution in [1.29, 1.82) is 0 Å². The Morgan fingerprint density at radius 1 is 1.15 bits per heavy atom. The quantitative estimate of drug-likeness (QED) is 0.513. The number of hydrazone groups is 1. The van der Waals surface area contributed by atoms with Crippen LogP contribution in [0.2, 0.25) is 0 Å². The van der Waals surface area contributed by atoms with E-state index in [1.54, 1.807) is 0 Å². The van der Waals surface area contributed by atoms with Gasteiger partial charge in [-0.1, -0.05) is 56.3 Å². The van der Waals surface area contributed by atoms with Crippen molar-refractivity contribution >= 4 is 6.21 Å². The second-order valence-electron chi connectivity index (χ2n) is 8.39. The second kappa shape index (κ2) is 5.41. The highest BCUT2D eigenvalue weighted by Crippen LogP contribution is 2.54. The summed E-state index contributed by atoms with van der Waals surface area (Å²) in [6.07, 6.45) is 5.74. The molecule has 3 fully saturated rings. The number of nitrogens with zero attached hydrogens (tertiary/aromatic N) is 2. The van der Waals surface area contributed by atoms with Crippen LogP contribution in [-0.4, -0.2) is 52.4 Å². The summed E-state index contributed by atoms with van der Waals surface area (Å²) in [6, 6.07) is 10.8. The average molecular weight is 354 g/mol. The largest absolute Gasteiger partial charge is 0.386 e. The van der Waals surface area contributed by atoms with Crippen LogP contribution in [0.3, 0.4) is 0 Å². The fourth-order valence-corrected chi connectivity index (χ4v) is 4.75. The van der Waals surface area contributed by atoms with Gasteiger partial charge in [0.05, 0.1) is 31.0 Å². The standard InChI is InChI=1S/C21H26N2O3/c1-13-17-9-10-18(25-17)14(2)21(13,24)19-20(3,26-19)12-22-23-11-16(23)15-7-5-4-6-8-15/h4-10,12-14,16-19,24H,11H2,1-3H3/b22-12+/t13-,14+,16?,17+,18-,19-,20+,21?,23?/m0/s1. The van der Waals surface area contributed by atoms with Crippen molar-refractivity contribution in [1.82, 2.24) is 5.01 Å². The van der Waals surface area contributed by atoms with Crippen LogP contribution in [0.4, 0.5) is 0 Å². The normalized spacial score (nSPS) is 49.0. The minimum Gasteiger partial charge on any atom is -0.386 e. The second-order valence-corrected chi connectivity index (χ2v) is 8.39. The van der Waals surface area contributed by atoms with Gasteiger partial charge in [-0.2, -0.15) is 5.10 Å². The Labute approximate surface area is 154 Å². The molecule has 1 N–H and O–H groups in total. The van der Waals surface area contributed by atoms with Crippen molar-refractivity contribution in [2.45, 2.75) is 56.3 Å². The number of epoxide rings is 1. The van der Waals surface area contributed by atoms with Crippen LogP contribution < -0.4 is 0 Å². The van der Waals surface area contributed by atoms with E-state index in [0.717, 1.165) is 6.54 Å². The highest BCUT2D eigenvalue weighted by molar-refractivity contribution is 5.73. The lowest BCUT2D eigenvalue weighted by Gasteiger charge is -2.46. The summed E-state index contributed by atoms with van der Waals surface area (Å²) in [6.45, 7) is 7.06. The van der Waals surface area contributed by atoms with Crippen LogP contribution in [0.5, 0.6) is 0 Å². The van der Waals surface area contributed by atoms with Crippen LogP contribution in [0, 0.1) is 11.8 Å². The number of hydrogen-bond acceptors (Lipinski definition) is 5. The van der Waals surface area contributed by atoms with Crippen molar-refractivity contribution in [2.24, 2.45) is 16.9 Å². The Kier molecular flexibility index (Phi) is 3.43. The van der Waals surface area contributed by atoms with Gasteiger partial charge in [-0.15, -0.1) is 0 Å². The van der Waals surface area contributed by atoms with E-state index in [2.05, 4.69) is 60.4 Å². The van der Waals surface area contributed by atoms with Gasteiger partial charge in [-0.3, -0.25) is 5.01 Å². The lowest BCUT2D eigenvalue weighted by Crippen LogP contribution is -2.59. The van der Waals surface area contributed by atoms with E-state index in [1.165, 1.54) is 5.56 Å². The molecule has 0 radical (unpaired) electrons. The van der Waals surface area contributed by atoms with Crippen molar-refractivity contribution in [3.05, 3.63) is 48.0 Å². The predicted octanol–water partition coefficient (Wildman–Crippen LogP) is 2.53. The highest BCUT2D eigenvalue weighted by Gasteiger charge is 2.69. The molecule has 26 heavy (non-hydrogen) atoms.